The van der Waals surface area contributed by atoms with Crippen molar-refractivity contribution in [2.45, 2.75) is 6.54 Å². The Hall–Kier alpha value is -0.450. The lowest BCUT2D eigenvalue weighted by atomic mass is 10.3. The van der Waals surface area contributed by atoms with Gasteiger partial charge in [-0.15, -0.1) is 11.3 Å². The molecule has 0 fully saturated rings. The summed E-state index contributed by atoms with van der Waals surface area (Å²) >= 11 is 19.3. The van der Waals surface area contributed by atoms with E-state index in [0.717, 1.165) is 17.4 Å². The van der Waals surface area contributed by atoms with Crippen LogP contribution < -0.4 is 10.1 Å². The second kappa shape index (κ2) is 7.36. The van der Waals surface area contributed by atoms with Gasteiger partial charge in [-0.05, 0) is 24.3 Å². The molecule has 0 amide bonds. The van der Waals surface area contributed by atoms with Gasteiger partial charge in [-0.2, -0.15) is 0 Å². The van der Waals surface area contributed by atoms with Crippen LogP contribution in [-0.4, -0.2) is 13.2 Å². The van der Waals surface area contributed by atoms with Gasteiger partial charge >= 0.3 is 0 Å². The third kappa shape index (κ3) is 4.55. The number of hydrogen-bond acceptors (Lipinski definition) is 3. The van der Waals surface area contributed by atoms with E-state index in [2.05, 4.69) is 5.32 Å². The molecule has 0 aliphatic rings. The van der Waals surface area contributed by atoms with Crippen molar-refractivity contribution in [2.24, 2.45) is 0 Å². The Morgan fingerprint density at radius 2 is 1.95 bits per heavy atom. The smallest absolute Gasteiger partial charge is 0.139 e. The highest BCUT2D eigenvalue weighted by Crippen LogP contribution is 2.31. The highest BCUT2D eigenvalue weighted by atomic mass is 35.5. The summed E-state index contributed by atoms with van der Waals surface area (Å²) in [5.74, 6) is 0.607. The van der Waals surface area contributed by atoms with E-state index in [4.69, 9.17) is 39.5 Å². The first-order chi connectivity index (χ1) is 9.16. The highest BCUT2D eigenvalue weighted by Gasteiger charge is 2.04. The molecule has 0 atom stereocenters. The molecule has 0 aliphatic heterocycles. The van der Waals surface area contributed by atoms with Crippen molar-refractivity contribution in [3.63, 3.8) is 0 Å². The first-order valence-corrected chi connectivity index (χ1v) is 7.63. The molecule has 0 spiro atoms. The summed E-state index contributed by atoms with van der Waals surface area (Å²) in [5.41, 5.74) is 0. The number of benzene rings is 1. The maximum absolute atomic E-state index is 6.01. The van der Waals surface area contributed by atoms with Crippen molar-refractivity contribution in [3.05, 3.63) is 49.6 Å². The third-order valence-electron chi connectivity index (χ3n) is 2.38. The van der Waals surface area contributed by atoms with Crippen LogP contribution >= 0.6 is 46.1 Å². The average molecular weight is 337 g/mol. The Morgan fingerprint density at radius 3 is 2.68 bits per heavy atom. The van der Waals surface area contributed by atoms with E-state index in [9.17, 15) is 0 Å². The highest BCUT2D eigenvalue weighted by molar-refractivity contribution is 7.16. The van der Waals surface area contributed by atoms with Crippen molar-refractivity contribution in [1.82, 2.24) is 5.32 Å². The Kier molecular flexibility index (Phi) is 5.79. The van der Waals surface area contributed by atoms with Crippen LogP contribution in [0.3, 0.4) is 0 Å². The molecular formula is C13H12Cl3NOS. The Morgan fingerprint density at radius 1 is 1.11 bits per heavy atom. The minimum Gasteiger partial charge on any atom is -0.491 e. The van der Waals surface area contributed by atoms with Crippen LogP contribution in [-0.2, 0) is 6.54 Å². The lowest BCUT2D eigenvalue weighted by molar-refractivity contribution is 0.314. The summed E-state index contributed by atoms with van der Waals surface area (Å²) in [6.45, 7) is 2.03. The fourth-order valence-electron chi connectivity index (χ4n) is 1.49. The maximum Gasteiger partial charge on any atom is 0.139 e. The number of halogens is 3. The van der Waals surface area contributed by atoms with Gasteiger partial charge in [0, 0.05) is 18.0 Å². The summed E-state index contributed by atoms with van der Waals surface area (Å²) in [4.78, 5) is 1.20. The molecule has 6 heteroatoms. The average Bonchev–Trinajstić information content (AvgIpc) is 2.80. The molecule has 0 radical (unpaired) electrons. The van der Waals surface area contributed by atoms with Crippen molar-refractivity contribution in [1.29, 1.82) is 0 Å². The van der Waals surface area contributed by atoms with Crippen molar-refractivity contribution in [3.8, 4) is 5.75 Å². The van der Waals surface area contributed by atoms with E-state index in [1.165, 1.54) is 4.88 Å². The third-order valence-corrected chi connectivity index (χ3v) is 4.41. The topological polar surface area (TPSA) is 21.3 Å². The second-order valence-corrected chi connectivity index (χ2v) is 6.37. The number of ether oxygens (including phenoxy) is 1. The van der Waals surface area contributed by atoms with E-state index in [1.54, 1.807) is 23.5 Å². The summed E-state index contributed by atoms with van der Waals surface area (Å²) < 4.78 is 6.36. The predicted molar refractivity (Wildman–Crippen MR) is 83.0 cm³/mol. The van der Waals surface area contributed by atoms with Crippen LogP contribution in [0.2, 0.25) is 14.4 Å². The van der Waals surface area contributed by atoms with Gasteiger partial charge in [0.05, 0.1) is 9.36 Å². The quantitative estimate of drug-likeness (QED) is 0.759. The SMILES string of the molecule is Clc1ccc(CNCCOc2cccc(Cl)c2Cl)s1. The first-order valence-electron chi connectivity index (χ1n) is 5.68. The number of hydrogen-bond donors (Lipinski definition) is 1. The molecule has 0 bridgehead atoms. The largest absolute Gasteiger partial charge is 0.491 e. The molecule has 0 unspecified atom stereocenters. The molecule has 1 N–H and O–H groups in total. The van der Waals surface area contributed by atoms with Gasteiger partial charge in [0.15, 0.2) is 0 Å². The summed E-state index contributed by atoms with van der Waals surface area (Å²) in [5, 5.41) is 4.22. The fraction of sp³-hybridized carbons (Fsp3) is 0.231. The van der Waals surface area contributed by atoms with Gasteiger partial charge in [0.1, 0.15) is 17.4 Å². The molecular weight excluding hydrogens is 325 g/mol. The Balaban J connectivity index is 1.71. The van der Waals surface area contributed by atoms with E-state index >= 15 is 0 Å². The molecule has 0 saturated carbocycles. The van der Waals surface area contributed by atoms with E-state index in [1.807, 2.05) is 18.2 Å². The zero-order chi connectivity index (χ0) is 13.7. The number of thiophene rings is 1. The normalized spacial score (nSPS) is 10.7. The standard InChI is InChI=1S/C13H12Cl3NOS/c14-10-2-1-3-11(13(10)16)18-7-6-17-8-9-4-5-12(15)19-9/h1-5,17H,6-8H2. The molecule has 19 heavy (non-hydrogen) atoms. The zero-order valence-electron chi connectivity index (χ0n) is 9.96. The second-order valence-electron chi connectivity index (χ2n) is 3.78. The van der Waals surface area contributed by atoms with Crippen molar-refractivity contribution < 1.29 is 4.74 Å². The van der Waals surface area contributed by atoms with Gasteiger partial charge in [0.2, 0.25) is 0 Å². The van der Waals surface area contributed by atoms with Crippen LogP contribution in [0.15, 0.2) is 30.3 Å². The predicted octanol–water partition coefficient (Wildman–Crippen LogP) is 4.88. The molecule has 1 aromatic heterocycles. The van der Waals surface area contributed by atoms with Crippen molar-refractivity contribution in [2.75, 3.05) is 13.2 Å². The van der Waals surface area contributed by atoms with Gasteiger partial charge < -0.3 is 10.1 Å². The van der Waals surface area contributed by atoms with Gasteiger partial charge in [0.25, 0.3) is 0 Å². The molecule has 2 nitrogen and oxygen atoms in total. The van der Waals surface area contributed by atoms with E-state index < -0.39 is 0 Å². The van der Waals surface area contributed by atoms with Crippen LogP contribution in [0.25, 0.3) is 0 Å². The molecule has 102 valence electrons. The maximum atomic E-state index is 6.01. The number of rotatable bonds is 6. The van der Waals surface area contributed by atoms with Gasteiger partial charge in [-0.3, -0.25) is 0 Å². The summed E-state index contributed by atoms with van der Waals surface area (Å²) in [7, 11) is 0. The summed E-state index contributed by atoms with van der Waals surface area (Å²) in [6, 6.07) is 9.24. The zero-order valence-corrected chi connectivity index (χ0v) is 13.0. The minimum absolute atomic E-state index is 0.453. The Bertz CT molecular complexity index is 544. The van der Waals surface area contributed by atoms with Crippen molar-refractivity contribution >= 4 is 46.1 Å². The first kappa shape index (κ1) is 14.9. The van der Waals surface area contributed by atoms with Crippen LogP contribution in [0.4, 0.5) is 0 Å². The van der Waals surface area contributed by atoms with Crippen LogP contribution in [0.1, 0.15) is 4.88 Å². The molecule has 1 aromatic carbocycles. The fourth-order valence-corrected chi connectivity index (χ4v) is 2.89. The van der Waals surface area contributed by atoms with E-state index in [0.29, 0.717) is 22.4 Å². The molecule has 0 aliphatic carbocycles. The monoisotopic (exact) mass is 335 g/mol. The summed E-state index contributed by atoms with van der Waals surface area (Å²) in [6.07, 6.45) is 0. The van der Waals surface area contributed by atoms with E-state index in [-0.39, 0.29) is 0 Å². The molecule has 1 heterocycles. The van der Waals surface area contributed by atoms with Crippen LogP contribution in [0, 0.1) is 0 Å². The lowest BCUT2D eigenvalue weighted by Gasteiger charge is -2.09. The molecule has 2 aromatic rings. The van der Waals surface area contributed by atoms with Gasteiger partial charge in [-0.1, -0.05) is 40.9 Å². The number of nitrogens with one attached hydrogen (secondary N) is 1. The van der Waals surface area contributed by atoms with Gasteiger partial charge in [-0.25, -0.2) is 0 Å². The Labute approximate surface area is 131 Å². The molecule has 0 saturated heterocycles. The minimum atomic E-state index is 0.453. The molecule has 2 rings (SSSR count). The lowest BCUT2D eigenvalue weighted by Crippen LogP contribution is -2.20. The van der Waals surface area contributed by atoms with Crippen LogP contribution in [0.5, 0.6) is 5.75 Å².